The van der Waals surface area contributed by atoms with Crippen LogP contribution in [0.3, 0.4) is 0 Å². The van der Waals surface area contributed by atoms with Crippen molar-refractivity contribution in [2.24, 2.45) is 5.92 Å². The second-order valence-corrected chi connectivity index (χ2v) is 11.3. The quantitative estimate of drug-likeness (QED) is 0.441. The Morgan fingerprint density at radius 3 is 2.74 bits per heavy atom. The lowest BCUT2D eigenvalue weighted by atomic mass is 9.88. The third-order valence-corrected chi connectivity index (χ3v) is 8.43. The lowest BCUT2D eigenvalue weighted by Crippen LogP contribution is -2.54. The predicted molar refractivity (Wildman–Crippen MR) is 148 cm³/mol. The fraction of sp³-hybridized carbons (Fsp3) is 0.690. The summed E-state index contributed by atoms with van der Waals surface area (Å²) in [6.45, 7) is 3.13. The van der Waals surface area contributed by atoms with Crippen molar-refractivity contribution in [3.8, 4) is 0 Å². The number of halogens is 3. The summed E-state index contributed by atoms with van der Waals surface area (Å²) in [5.41, 5.74) is 0.348. The predicted octanol–water partition coefficient (Wildman–Crippen LogP) is 3.82. The molecular weight excluding hydrogens is 555 g/mol. The zero-order valence-electron chi connectivity index (χ0n) is 23.9. The van der Waals surface area contributed by atoms with E-state index in [1.165, 1.54) is 18.5 Å². The lowest BCUT2D eigenvalue weighted by molar-refractivity contribution is -0.303. The van der Waals surface area contributed by atoms with E-state index in [1.54, 1.807) is 19.3 Å². The maximum Gasteiger partial charge on any atom is 0.573 e. The van der Waals surface area contributed by atoms with E-state index in [9.17, 15) is 18.0 Å². The Bertz CT molecular complexity index is 1110. The molecule has 0 saturated carbocycles. The summed E-state index contributed by atoms with van der Waals surface area (Å²) in [5.74, 6) is 0.252. The molecule has 5 atom stereocenters. The largest absolute Gasteiger partial charge is 0.573 e. The standard InChI is InChI=1S/C29H40F3N5O5/c1-39-26-17-40-14-11-23(26)36-20-9-12-37(13-10-20)28(38)24-15-27(35-18-34-24)33-16-22-3-2-4-25(41-22)19-5-7-21(8-6-19)42-29(30,31)32/h5,7-8,15,18-20,22-23,25-26,36H,2-4,6,9-14,16-17H2,1H3,(H,33,34,35)/t19?,22-,23-,25+,26+/m1/s1. The zero-order chi connectivity index (χ0) is 29.5. The molecule has 42 heavy (non-hydrogen) atoms. The monoisotopic (exact) mass is 595 g/mol. The highest BCUT2D eigenvalue weighted by atomic mass is 19.4. The van der Waals surface area contributed by atoms with Crippen LogP contribution < -0.4 is 10.6 Å². The maximum absolute atomic E-state index is 13.2. The summed E-state index contributed by atoms with van der Waals surface area (Å²) in [6, 6.07) is 2.26. The Hall–Kier alpha value is -2.74. The third-order valence-electron chi connectivity index (χ3n) is 8.43. The SMILES string of the molecule is CO[C@H]1COCC[C@H]1NC1CCN(C(=O)c2cc(NC[C@H]3CCC[C@@H](C4C=CC(OC(F)(F)F)=CC4)O3)ncn2)CC1. The number of anilines is 1. The molecule has 4 heterocycles. The summed E-state index contributed by atoms with van der Waals surface area (Å²) in [5, 5.41) is 6.98. The third kappa shape index (κ3) is 8.42. The number of hydrogen-bond donors (Lipinski definition) is 2. The Balaban J connectivity index is 1.07. The minimum Gasteiger partial charge on any atom is -0.406 e. The molecule has 1 unspecified atom stereocenters. The molecule has 13 heteroatoms. The van der Waals surface area contributed by atoms with E-state index in [0.717, 1.165) is 45.1 Å². The van der Waals surface area contributed by atoms with Gasteiger partial charge in [-0.15, -0.1) is 13.2 Å². The van der Waals surface area contributed by atoms with E-state index in [1.807, 2.05) is 4.90 Å². The topological polar surface area (TPSA) is 107 Å². The van der Waals surface area contributed by atoms with Gasteiger partial charge in [0.15, 0.2) is 0 Å². The summed E-state index contributed by atoms with van der Waals surface area (Å²) >= 11 is 0. The second kappa shape index (κ2) is 14.2. The van der Waals surface area contributed by atoms with Crippen LogP contribution in [0, 0.1) is 5.92 Å². The molecule has 0 spiro atoms. The number of rotatable bonds is 9. The summed E-state index contributed by atoms with van der Waals surface area (Å²) in [6.07, 6.45) is 6.87. The molecule has 3 fully saturated rings. The first-order valence-electron chi connectivity index (χ1n) is 14.8. The number of piperidine rings is 1. The van der Waals surface area contributed by atoms with Crippen LogP contribution in [0.2, 0.25) is 0 Å². The Labute approximate surface area is 244 Å². The van der Waals surface area contributed by atoms with E-state index >= 15 is 0 Å². The molecule has 0 radical (unpaired) electrons. The first-order valence-corrected chi connectivity index (χ1v) is 14.8. The molecule has 10 nitrogen and oxygen atoms in total. The summed E-state index contributed by atoms with van der Waals surface area (Å²) in [4.78, 5) is 23.6. The minimum atomic E-state index is -4.69. The molecule has 0 aromatic carbocycles. The van der Waals surface area contributed by atoms with Crippen LogP contribution in [-0.4, -0.2) is 97.5 Å². The first-order chi connectivity index (χ1) is 20.3. The minimum absolute atomic E-state index is 0.00548. The van der Waals surface area contributed by atoms with Gasteiger partial charge in [0.2, 0.25) is 0 Å². The van der Waals surface area contributed by atoms with Gasteiger partial charge in [0, 0.05) is 57.4 Å². The van der Waals surface area contributed by atoms with Gasteiger partial charge in [0.1, 0.15) is 23.6 Å². The molecule has 0 bridgehead atoms. The van der Waals surface area contributed by atoms with Gasteiger partial charge in [0.25, 0.3) is 5.91 Å². The number of aromatic nitrogens is 2. The van der Waals surface area contributed by atoms with Crippen LogP contribution in [-0.2, 0) is 18.9 Å². The summed E-state index contributed by atoms with van der Waals surface area (Å²) in [7, 11) is 1.71. The van der Waals surface area contributed by atoms with Crippen molar-refractivity contribution in [1.82, 2.24) is 20.2 Å². The number of nitrogens with zero attached hydrogens (tertiary/aromatic N) is 3. The van der Waals surface area contributed by atoms with Crippen molar-refractivity contribution in [3.05, 3.63) is 42.1 Å². The number of amides is 1. The fourth-order valence-corrected chi connectivity index (χ4v) is 6.14. The van der Waals surface area contributed by atoms with Crippen molar-refractivity contribution in [3.63, 3.8) is 0 Å². The molecule has 5 rings (SSSR count). The molecule has 3 aliphatic heterocycles. The number of carbonyl (C=O) groups is 1. The van der Waals surface area contributed by atoms with Crippen molar-refractivity contribution < 1.29 is 36.9 Å². The van der Waals surface area contributed by atoms with Crippen molar-refractivity contribution in [1.29, 1.82) is 0 Å². The highest BCUT2D eigenvalue weighted by molar-refractivity contribution is 5.93. The lowest BCUT2D eigenvalue weighted by Gasteiger charge is -2.38. The van der Waals surface area contributed by atoms with Gasteiger partial charge in [-0.05, 0) is 57.1 Å². The van der Waals surface area contributed by atoms with E-state index < -0.39 is 6.36 Å². The zero-order valence-corrected chi connectivity index (χ0v) is 23.9. The number of allylic oxidation sites excluding steroid dienone is 2. The van der Waals surface area contributed by atoms with Crippen LogP contribution in [0.5, 0.6) is 0 Å². The van der Waals surface area contributed by atoms with Gasteiger partial charge in [-0.1, -0.05) is 6.08 Å². The van der Waals surface area contributed by atoms with Gasteiger partial charge in [-0.25, -0.2) is 9.97 Å². The highest BCUT2D eigenvalue weighted by Gasteiger charge is 2.34. The average molecular weight is 596 g/mol. The first kappa shape index (κ1) is 30.7. The van der Waals surface area contributed by atoms with Crippen LogP contribution in [0.25, 0.3) is 0 Å². The van der Waals surface area contributed by atoms with E-state index in [4.69, 9.17) is 14.2 Å². The van der Waals surface area contributed by atoms with Crippen molar-refractivity contribution >= 4 is 11.7 Å². The van der Waals surface area contributed by atoms with Crippen molar-refractivity contribution in [2.45, 2.75) is 81.7 Å². The Kier molecular flexibility index (Phi) is 10.3. The number of carbonyl (C=O) groups excluding carboxylic acids is 1. The molecule has 1 aromatic rings. The molecule has 3 saturated heterocycles. The van der Waals surface area contributed by atoms with Crippen LogP contribution in [0.4, 0.5) is 19.0 Å². The molecule has 2 N–H and O–H groups in total. The van der Waals surface area contributed by atoms with Crippen LogP contribution in [0.15, 0.2) is 36.4 Å². The van der Waals surface area contributed by atoms with E-state index in [0.29, 0.717) is 50.2 Å². The molecular formula is C29H40F3N5O5. The smallest absolute Gasteiger partial charge is 0.406 e. The molecule has 1 aromatic heterocycles. The number of methoxy groups -OCH3 is 1. The van der Waals surface area contributed by atoms with Gasteiger partial charge in [-0.3, -0.25) is 4.79 Å². The fourth-order valence-electron chi connectivity index (χ4n) is 6.14. The Morgan fingerprint density at radius 2 is 2.00 bits per heavy atom. The number of hydrogen-bond acceptors (Lipinski definition) is 9. The normalized spacial score (nSPS) is 29.2. The van der Waals surface area contributed by atoms with E-state index in [-0.39, 0.29) is 41.9 Å². The summed E-state index contributed by atoms with van der Waals surface area (Å²) < 4.78 is 58.8. The number of nitrogens with one attached hydrogen (secondary N) is 2. The number of alkyl halides is 3. The van der Waals surface area contributed by atoms with Gasteiger partial charge in [0.05, 0.1) is 24.9 Å². The van der Waals surface area contributed by atoms with Crippen molar-refractivity contribution in [2.75, 3.05) is 45.3 Å². The second-order valence-electron chi connectivity index (χ2n) is 11.3. The maximum atomic E-state index is 13.2. The molecule has 1 aliphatic carbocycles. The molecule has 1 amide bonds. The highest BCUT2D eigenvalue weighted by Crippen LogP contribution is 2.32. The van der Waals surface area contributed by atoms with Gasteiger partial charge >= 0.3 is 6.36 Å². The van der Waals surface area contributed by atoms with Crippen LogP contribution >= 0.6 is 0 Å². The van der Waals surface area contributed by atoms with Gasteiger partial charge < -0.3 is 34.5 Å². The number of ether oxygens (including phenoxy) is 4. The van der Waals surface area contributed by atoms with Crippen LogP contribution in [0.1, 0.15) is 55.4 Å². The molecule has 232 valence electrons. The average Bonchev–Trinajstić information content (AvgIpc) is 3.00. The van der Waals surface area contributed by atoms with Gasteiger partial charge in [-0.2, -0.15) is 0 Å². The molecule has 4 aliphatic rings. The number of likely N-dealkylation sites (tertiary alicyclic amines) is 1. The van der Waals surface area contributed by atoms with E-state index in [2.05, 4.69) is 25.3 Å². The Morgan fingerprint density at radius 1 is 1.17 bits per heavy atom.